The van der Waals surface area contributed by atoms with E-state index in [1.54, 1.807) is 6.92 Å². The minimum atomic E-state index is -0.332. The van der Waals surface area contributed by atoms with E-state index in [0.717, 1.165) is 30.0 Å². The van der Waals surface area contributed by atoms with Crippen molar-refractivity contribution >= 4 is 23.3 Å². The molecule has 1 saturated carbocycles. The highest BCUT2D eigenvalue weighted by Crippen LogP contribution is 2.48. The highest BCUT2D eigenvalue weighted by Gasteiger charge is 2.44. The number of esters is 1. The van der Waals surface area contributed by atoms with Crippen LogP contribution in [0.4, 0.5) is 4.39 Å². The summed E-state index contributed by atoms with van der Waals surface area (Å²) in [6.45, 7) is 9.31. The number of nitrogens with one attached hydrogen (secondary N) is 2. The molecule has 1 aromatic carbocycles. The van der Waals surface area contributed by atoms with Crippen molar-refractivity contribution in [1.82, 2.24) is 15.6 Å². The number of aliphatic imine (C=N–C) groups is 1. The van der Waals surface area contributed by atoms with Crippen LogP contribution in [-0.4, -0.2) is 36.6 Å². The molecule has 6 nitrogen and oxygen atoms in total. The van der Waals surface area contributed by atoms with Crippen molar-refractivity contribution in [2.24, 2.45) is 4.99 Å². The SMILES string of the molecule is CCNC(=NCC1(c2ccc(F)cc2)CC1)NC(C)c1nc(C)c(C(=O)OCC)s1. The predicted octanol–water partition coefficient (Wildman–Crippen LogP) is 4.12. The molecule has 3 rings (SSSR count). The van der Waals surface area contributed by atoms with Crippen LogP contribution in [-0.2, 0) is 10.2 Å². The molecule has 2 N–H and O–H groups in total. The number of hydrogen-bond acceptors (Lipinski definition) is 5. The maximum absolute atomic E-state index is 13.3. The average molecular weight is 433 g/mol. The van der Waals surface area contributed by atoms with Gasteiger partial charge in [0.05, 0.1) is 24.9 Å². The molecule has 162 valence electrons. The fourth-order valence-corrected chi connectivity index (χ4v) is 4.26. The molecule has 1 aromatic heterocycles. The molecule has 8 heteroatoms. The van der Waals surface area contributed by atoms with Crippen LogP contribution in [0.3, 0.4) is 0 Å². The predicted molar refractivity (Wildman–Crippen MR) is 118 cm³/mol. The van der Waals surface area contributed by atoms with Crippen LogP contribution in [0.5, 0.6) is 0 Å². The lowest BCUT2D eigenvalue weighted by atomic mass is 9.96. The summed E-state index contributed by atoms with van der Waals surface area (Å²) in [5, 5.41) is 7.46. The summed E-state index contributed by atoms with van der Waals surface area (Å²) >= 11 is 1.34. The highest BCUT2D eigenvalue weighted by atomic mass is 32.1. The van der Waals surface area contributed by atoms with Gasteiger partial charge in [0, 0.05) is 12.0 Å². The molecule has 0 spiro atoms. The Morgan fingerprint density at radius 2 is 2.03 bits per heavy atom. The van der Waals surface area contributed by atoms with Crippen molar-refractivity contribution in [3.63, 3.8) is 0 Å². The fourth-order valence-electron chi connectivity index (χ4n) is 3.30. The van der Waals surface area contributed by atoms with Gasteiger partial charge < -0.3 is 15.4 Å². The molecule has 0 bridgehead atoms. The molecule has 30 heavy (non-hydrogen) atoms. The Bertz CT molecular complexity index is 906. The molecular weight excluding hydrogens is 403 g/mol. The van der Waals surface area contributed by atoms with Crippen LogP contribution >= 0.6 is 11.3 Å². The Morgan fingerprint density at radius 1 is 1.33 bits per heavy atom. The molecule has 0 amide bonds. The zero-order valence-corrected chi connectivity index (χ0v) is 18.7. The number of benzene rings is 1. The molecule has 2 aromatic rings. The molecule has 1 unspecified atom stereocenters. The van der Waals surface area contributed by atoms with Crippen LogP contribution < -0.4 is 10.6 Å². The van der Waals surface area contributed by atoms with Crippen LogP contribution in [0.2, 0.25) is 0 Å². The van der Waals surface area contributed by atoms with Crippen molar-refractivity contribution < 1.29 is 13.9 Å². The Labute approximate surface area is 181 Å². The normalized spacial score (nSPS) is 16.1. The van der Waals surface area contributed by atoms with Crippen LogP contribution in [0.15, 0.2) is 29.3 Å². The number of aryl methyl sites for hydroxylation is 1. The maximum Gasteiger partial charge on any atom is 0.350 e. The lowest BCUT2D eigenvalue weighted by molar-refractivity contribution is 0.0531. The zero-order chi connectivity index (χ0) is 21.7. The second-order valence-electron chi connectivity index (χ2n) is 7.54. The van der Waals surface area contributed by atoms with E-state index < -0.39 is 0 Å². The maximum atomic E-state index is 13.3. The third-order valence-electron chi connectivity index (χ3n) is 5.19. The van der Waals surface area contributed by atoms with Crippen molar-refractivity contribution in [1.29, 1.82) is 0 Å². The van der Waals surface area contributed by atoms with Crippen molar-refractivity contribution in [3.8, 4) is 0 Å². The van der Waals surface area contributed by atoms with E-state index in [1.807, 2.05) is 32.9 Å². The number of ether oxygens (including phenoxy) is 1. The number of carbonyl (C=O) groups is 1. The largest absolute Gasteiger partial charge is 0.462 e. The Morgan fingerprint density at radius 3 is 2.63 bits per heavy atom. The molecule has 1 atom stereocenters. The second kappa shape index (κ2) is 9.55. The molecule has 0 aliphatic heterocycles. The van der Waals surface area contributed by atoms with Crippen LogP contribution in [0.25, 0.3) is 0 Å². The molecule has 1 heterocycles. The summed E-state index contributed by atoms with van der Waals surface area (Å²) < 4.78 is 18.4. The van der Waals surface area contributed by atoms with Gasteiger partial charge in [0.15, 0.2) is 5.96 Å². The molecule has 0 radical (unpaired) electrons. The van der Waals surface area contributed by atoms with Crippen molar-refractivity contribution in [2.45, 2.75) is 52.0 Å². The van der Waals surface area contributed by atoms with Gasteiger partial charge >= 0.3 is 5.97 Å². The summed E-state index contributed by atoms with van der Waals surface area (Å²) in [6, 6.07) is 6.62. The van der Waals surface area contributed by atoms with Gasteiger partial charge in [-0.15, -0.1) is 11.3 Å². The van der Waals surface area contributed by atoms with E-state index in [2.05, 4.69) is 15.6 Å². The second-order valence-corrected chi connectivity index (χ2v) is 8.57. The summed E-state index contributed by atoms with van der Waals surface area (Å²) in [5.41, 5.74) is 1.80. The highest BCUT2D eigenvalue weighted by molar-refractivity contribution is 7.13. The van der Waals surface area contributed by atoms with Gasteiger partial charge in [-0.1, -0.05) is 12.1 Å². The van der Waals surface area contributed by atoms with Crippen LogP contribution in [0, 0.1) is 12.7 Å². The molecular formula is C22H29FN4O2S. The van der Waals surface area contributed by atoms with Gasteiger partial charge in [-0.2, -0.15) is 0 Å². The number of carbonyl (C=O) groups excluding carboxylic acids is 1. The van der Waals surface area contributed by atoms with Gasteiger partial charge in [0.2, 0.25) is 0 Å². The Kier molecular flexibility index (Phi) is 7.07. The first kappa shape index (κ1) is 22.2. The van der Waals surface area contributed by atoms with Gasteiger partial charge in [-0.3, -0.25) is 4.99 Å². The zero-order valence-electron chi connectivity index (χ0n) is 17.9. The quantitative estimate of drug-likeness (QED) is 0.373. The van der Waals surface area contributed by atoms with Gasteiger partial charge in [0.25, 0.3) is 0 Å². The molecule has 1 fully saturated rings. The van der Waals surface area contributed by atoms with Crippen molar-refractivity contribution in [2.75, 3.05) is 19.7 Å². The van der Waals surface area contributed by atoms with Gasteiger partial charge in [-0.05, 0) is 58.2 Å². The topological polar surface area (TPSA) is 75.6 Å². The minimum Gasteiger partial charge on any atom is -0.462 e. The number of hydrogen-bond donors (Lipinski definition) is 2. The van der Waals surface area contributed by atoms with E-state index >= 15 is 0 Å². The van der Waals surface area contributed by atoms with Gasteiger partial charge in [-0.25, -0.2) is 14.2 Å². The van der Waals surface area contributed by atoms with E-state index in [4.69, 9.17) is 9.73 Å². The van der Waals surface area contributed by atoms with E-state index in [0.29, 0.717) is 29.7 Å². The third kappa shape index (κ3) is 5.16. The first-order valence-electron chi connectivity index (χ1n) is 10.3. The number of nitrogens with zero attached hydrogens (tertiary/aromatic N) is 2. The molecule has 1 aliphatic rings. The number of rotatable bonds is 8. The average Bonchev–Trinajstić information content (AvgIpc) is 3.41. The first-order valence-corrected chi connectivity index (χ1v) is 11.2. The summed E-state index contributed by atoms with van der Waals surface area (Å²) in [4.78, 5) is 21.9. The summed E-state index contributed by atoms with van der Waals surface area (Å²) in [6.07, 6.45) is 2.09. The van der Waals surface area contributed by atoms with E-state index in [-0.39, 0.29) is 23.2 Å². The lowest BCUT2D eigenvalue weighted by Gasteiger charge is -2.18. The Balaban J connectivity index is 1.70. The van der Waals surface area contributed by atoms with E-state index in [1.165, 1.54) is 23.5 Å². The first-order chi connectivity index (χ1) is 14.4. The smallest absolute Gasteiger partial charge is 0.350 e. The monoisotopic (exact) mass is 432 g/mol. The number of aromatic nitrogens is 1. The standard InChI is InChI=1S/C22H29FN4O2S/c1-5-24-21(25-13-22(11-12-22)16-7-9-17(23)10-8-16)27-15(4)19-26-14(3)18(30-19)20(28)29-6-2/h7-10,15H,5-6,11-13H2,1-4H3,(H2,24,25,27). The molecule has 1 aliphatic carbocycles. The molecule has 0 saturated heterocycles. The third-order valence-corrected chi connectivity index (χ3v) is 6.51. The lowest BCUT2D eigenvalue weighted by Crippen LogP contribution is -2.39. The summed E-state index contributed by atoms with van der Waals surface area (Å²) in [5.74, 6) is 0.147. The number of halogens is 1. The number of guanidine groups is 1. The van der Waals surface area contributed by atoms with E-state index in [9.17, 15) is 9.18 Å². The number of thiazole rings is 1. The fraction of sp³-hybridized carbons (Fsp3) is 0.500. The Hall–Kier alpha value is -2.48. The van der Waals surface area contributed by atoms with Crippen molar-refractivity contribution in [3.05, 3.63) is 51.2 Å². The van der Waals surface area contributed by atoms with Crippen LogP contribution in [0.1, 0.15) is 65.6 Å². The van der Waals surface area contributed by atoms with Gasteiger partial charge in [0.1, 0.15) is 15.7 Å². The minimum absolute atomic E-state index is 0.00581. The summed E-state index contributed by atoms with van der Waals surface area (Å²) in [7, 11) is 0.